The third kappa shape index (κ3) is 33.2. The minimum Gasteiger partial charge on any atom is -0.496 e. The number of primary amides is 1. The van der Waals surface area contributed by atoms with Crippen LogP contribution in [0.15, 0.2) is 29.1 Å². The second-order valence-corrected chi connectivity index (χ2v) is 29.5. The molecule has 8 amide bonds. The van der Waals surface area contributed by atoms with Gasteiger partial charge >= 0.3 is 5.97 Å². The van der Waals surface area contributed by atoms with Crippen LogP contribution in [0.1, 0.15) is 77.3 Å². The van der Waals surface area contributed by atoms with Crippen molar-refractivity contribution in [3.63, 3.8) is 0 Å². The van der Waals surface area contributed by atoms with Crippen LogP contribution in [-0.2, 0) is 118 Å². The fraction of sp³-hybridized carbons (Fsp3) is 0.704. The number of carbonyl (C=O) groups is 11. The van der Waals surface area contributed by atoms with Crippen molar-refractivity contribution in [2.75, 3.05) is 177 Å². The topological polar surface area (TPSA) is 551 Å². The molecule has 17 N–H and O–H groups in total. The molecule has 38 nitrogen and oxygen atoms in total. The third-order valence-electron chi connectivity index (χ3n) is 18.5. The van der Waals surface area contributed by atoms with Crippen molar-refractivity contribution in [1.82, 2.24) is 46.8 Å². The molecule has 3 aliphatic heterocycles. The number of amides is 8. The van der Waals surface area contributed by atoms with E-state index in [1.54, 1.807) is 26.0 Å². The number of aromatic amines is 1. The average molecular weight is 1620 g/mol. The Morgan fingerprint density at radius 2 is 1.32 bits per heavy atom. The van der Waals surface area contributed by atoms with Gasteiger partial charge in [0.1, 0.15) is 28.9 Å². The summed E-state index contributed by atoms with van der Waals surface area (Å²) >= 11 is 1.45. The smallest absolute Gasteiger partial charge is 0.306 e. The number of hydrazine groups is 1. The summed E-state index contributed by atoms with van der Waals surface area (Å²) in [5.74, 6) is -8.62. The minimum absolute atomic E-state index is 0.0264. The highest BCUT2D eigenvalue weighted by Crippen LogP contribution is 2.37. The molecule has 0 saturated carbocycles. The summed E-state index contributed by atoms with van der Waals surface area (Å²) in [6.45, 7) is 10.1. The predicted octanol–water partition coefficient (Wildman–Crippen LogP) is -3.85. The van der Waals surface area contributed by atoms with Gasteiger partial charge in [0.25, 0.3) is 0 Å². The Morgan fingerprint density at radius 1 is 0.748 bits per heavy atom. The largest absolute Gasteiger partial charge is 0.496 e. The zero-order chi connectivity index (χ0) is 81.4. The van der Waals surface area contributed by atoms with Gasteiger partial charge in [-0.05, 0) is 30.0 Å². The summed E-state index contributed by atoms with van der Waals surface area (Å²) in [5, 5.41) is 57.8. The number of H-pyrrole nitrogens is 1. The van der Waals surface area contributed by atoms with Gasteiger partial charge in [-0.15, -0.1) is 0 Å². The van der Waals surface area contributed by atoms with Crippen LogP contribution in [0, 0.1) is 29.6 Å². The van der Waals surface area contributed by atoms with Crippen molar-refractivity contribution in [3.05, 3.63) is 35.2 Å². The van der Waals surface area contributed by atoms with E-state index in [-0.39, 0.29) is 48.9 Å². The highest BCUT2D eigenvalue weighted by Gasteiger charge is 2.45. The van der Waals surface area contributed by atoms with Crippen molar-refractivity contribution in [1.29, 1.82) is 0 Å². The molecule has 1 fully saturated rings. The van der Waals surface area contributed by atoms with Crippen LogP contribution < -0.4 is 53.9 Å². The van der Waals surface area contributed by atoms with Gasteiger partial charge in [0.05, 0.1) is 211 Å². The van der Waals surface area contributed by atoms with Gasteiger partial charge in [-0.1, -0.05) is 34.1 Å². The number of methoxy groups -OCH3 is 1. The quantitative estimate of drug-likeness (QED) is 0.0171. The Kier molecular flexibility index (Phi) is 43.4. The number of rotatable bonds is 46. The van der Waals surface area contributed by atoms with E-state index in [1.807, 2.05) is 0 Å². The first-order valence-electron chi connectivity index (χ1n) is 37.1. The molecule has 626 valence electrons. The van der Waals surface area contributed by atoms with Gasteiger partial charge in [-0.25, -0.2) is 5.84 Å². The Balaban J connectivity index is 1.11. The monoisotopic (exact) mass is 1610 g/mol. The first-order chi connectivity index (χ1) is 53.2. The number of aliphatic hydroxyl groups excluding tert-OH is 3. The summed E-state index contributed by atoms with van der Waals surface area (Å²) in [5.41, 5.74) is 12.9. The Labute approximate surface area is 651 Å². The Morgan fingerprint density at radius 3 is 1.86 bits per heavy atom. The lowest BCUT2D eigenvalue weighted by Gasteiger charge is -2.32. The van der Waals surface area contributed by atoms with Gasteiger partial charge in [-0.2, -0.15) is 11.8 Å². The maximum absolute atomic E-state index is 15.4. The highest BCUT2D eigenvalue weighted by molar-refractivity contribution is 7.98. The normalized spacial score (nSPS) is 22.0. The molecule has 111 heavy (non-hydrogen) atoms. The number of thioether (sulfide) groups is 1. The number of ketones is 2. The lowest BCUT2D eigenvalue weighted by atomic mass is 9.85. The summed E-state index contributed by atoms with van der Waals surface area (Å²) in [6, 6.07) is -3.68. The Hall–Kier alpha value is -7.55. The molecular weight excluding hydrogens is 1500 g/mol. The SMILES string of the molecule is CC[C@H](C)[C@@H]1CC(=O)CNC(=O)[C@H]2CC(=O)[C@H]([C@@H](C)[C@@H](O)CO)NC(=O)[C@@H]3C[C@@H](O)CN3C(=O)[C@H](CC(N)=O)NC(=O)C(CS(=O)c3[nH]c4c(CSCCOCCOCCOCCOCCOCCOCCOCCOCCOCCN(N)/C=C(\N)CNC(=O)CC(C)C(=O)O)c(OC)ccc4c3C2)NC(=O)CNC1=O. The molecule has 0 spiro atoms. The number of ether oxygens (including phenoxy) is 10. The summed E-state index contributed by atoms with van der Waals surface area (Å²) in [4.78, 5) is 155. The van der Waals surface area contributed by atoms with Crippen molar-refractivity contribution in [2.45, 2.75) is 120 Å². The van der Waals surface area contributed by atoms with Crippen molar-refractivity contribution in [3.8, 4) is 5.75 Å². The number of aliphatic hydroxyl groups is 3. The summed E-state index contributed by atoms with van der Waals surface area (Å²) in [7, 11) is -0.970. The van der Waals surface area contributed by atoms with Crippen molar-refractivity contribution < 1.29 is 125 Å². The van der Waals surface area contributed by atoms with E-state index in [0.29, 0.717) is 152 Å². The first kappa shape index (κ1) is 94.0. The third-order valence-corrected chi connectivity index (χ3v) is 20.9. The predicted molar refractivity (Wildman–Crippen MR) is 401 cm³/mol. The standard InChI is InChI=1S/C71H114N12O26S2/c1-6-43(2)51-32-48(85)36-76-65(92)46-30-52-50-7-8-59(100-5)53(41-110-28-27-109-26-25-108-24-23-107-22-21-106-20-19-105-18-17-104-16-15-103-14-13-102-12-11-101-10-9-82(74)38-47(72)35-75-61(90)29-44(3)71(97)98)64(50)81-69(52)111(99)42-55(78-62(91)37-77-66(51)93)67(94)79-54(34-60(73)89)70(96)83-39-49(86)33-56(83)68(95)80-63(57(87)31-46)45(4)58(88)40-84/h7-8,38,43-46,49,51,54-56,58,63,81,84,86,88H,6,9-37,39-42,72,74H2,1-5H3,(H2,73,89)(H,75,90)(H,76,92)(H,77,93)(H,78,91)(H,79,94)(H,80,95)(H,97,98)/b47-38-/t43-,44?,45-,46+,49+,51-,54-,55?,56-,58-,63-,111?/m0/s1. The molecule has 5 rings (SSSR count). The van der Waals surface area contributed by atoms with Crippen molar-refractivity contribution in [2.24, 2.45) is 46.9 Å². The van der Waals surface area contributed by atoms with E-state index in [1.165, 1.54) is 43.9 Å². The number of aliphatic carboxylic acids is 1. The van der Waals surface area contributed by atoms with Crippen LogP contribution in [0.3, 0.4) is 0 Å². The molecule has 2 aromatic rings. The molecular formula is C71H114N12O26S2. The molecule has 12 atom stereocenters. The number of aromatic nitrogens is 1. The van der Waals surface area contributed by atoms with Gasteiger partial charge in [-0.3, -0.25) is 56.9 Å². The minimum atomic E-state index is -2.42. The van der Waals surface area contributed by atoms with E-state index in [4.69, 9.17) is 69.8 Å². The van der Waals surface area contributed by atoms with E-state index < -0.39 is 199 Å². The number of benzene rings is 1. The second-order valence-electron chi connectivity index (χ2n) is 26.9. The van der Waals surface area contributed by atoms with E-state index in [2.05, 4.69) is 36.9 Å². The molecule has 1 aromatic carbocycles. The van der Waals surface area contributed by atoms with Crippen LogP contribution in [0.25, 0.3) is 10.9 Å². The van der Waals surface area contributed by atoms with Crippen LogP contribution >= 0.6 is 11.8 Å². The van der Waals surface area contributed by atoms with Crippen LogP contribution in [0.5, 0.6) is 5.75 Å². The number of fused-ring (bicyclic) bond motifs is 5. The fourth-order valence-electron chi connectivity index (χ4n) is 12.0. The molecule has 4 heterocycles. The lowest BCUT2D eigenvalue weighted by molar-refractivity contribution is -0.144. The highest BCUT2D eigenvalue weighted by atomic mass is 32.2. The van der Waals surface area contributed by atoms with Crippen LogP contribution in [0.4, 0.5) is 0 Å². The van der Waals surface area contributed by atoms with E-state index in [9.17, 15) is 63.3 Å². The number of hydrogen-bond donors (Lipinski definition) is 14. The molecule has 2 bridgehead atoms. The van der Waals surface area contributed by atoms with Crippen molar-refractivity contribution >= 4 is 98.3 Å². The zero-order valence-corrected chi connectivity index (χ0v) is 65.5. The Bertz CT molecular complexity index is 3390. The first-order valence-corrected chi connectivity index (χ1v) is 39.5. The molecule has 3 aliphatic rings. The number of carbonyl (C=O) groups excluding carboxylic acids is 10. The average Bonchev–Trinajstić information content (AvgIpc) is 1.62. The molecule has 1 aromatic heterocycles. The van der Waals surface area contributed by atoms with Crippen LogP contribution in [0.2, 0.25) is 0 Å². The lowest BCUT2D eigenvalue weighted by Crippen LogP contribution is -2.60. The summed E-state index contributed by atoms with van der Waals surface area (Å²) in [6.07, 6.45) is -4.10. The zero-order valence-electron chi connectivity index (χ0n) is 63.8. The number of hydrogen-bond acceptors (Lipinski definition) is 29. The number of carboxylic acid groups (broad SMARTS) is 1. The molecule has 0 aliphatic carbocycles. The fourth-order valence-corrected chi connectivity index (χ4v) is 14.3. The van der Waals surface area contributed by atoms with Gasteiger partial charge in [0, 0.05) is 84.3 Å². The van der Waals surface area contributed by atoms with Gasteiger partial charge < -0.3 is 126 Å². The van der Waals surface area contributed by atoms with Gasteiger partial charge in [0.2, 0.25) is 47.3 Å². The van der Waals surface area contributed by atoms with E-state index >= 15 is 9.00 Å². The molecule has 0 radical (unpaired) electrons. The molecule has 3 unspecified atom stereocenters. The van der Waals surface area contributed by atoms with E-state index in [0.717, 1.165) is 4.90 Å². The summed E-state index contributed by atoms with van der Waals surface area (Å²) < 4.78 is 71.6. The van der Waals surface area contributed by atoms with Gasteiger partial charge in [0.15, 0.2) is 11.6 Å². The molecule has 1 saturated heterocycles. The maximum Gasteiger partial charge on any atom is 0.306 e. The second kappa shape index (κ2) is 51.2. The number of nitrogens with two attached hydrogens (primary N) is 3. The maximum atomic E-state index is 15.4. The van der Waals surface area contributed by atoms with Crippen LogP contribution in [-0.4, -0.2) is 318 Å². The number of nitrogens with zero attached hydrogens (tertiary/aromatic N) is 2. The number of Topliss-reactive ketones (excluding diaryl/α,β-unsaturated/α-hetero) is 2. The molecule has 40 heteroatoms. The number of carboxylic acids is 1. The number of nitrogens with one attached hydrogen (secondary N) is 7.